The van der Waals surface area contributed by atoms with Gasteiger partial charge in [-0.25, -0.2) is 0 Å². The normalized spacial score (nSPS) is 17.7. The molecule has 0 aromatic heterocycles. The lowest BCUT2D eigenvalue weighted by molar-refractivity contribution is 0.0777. The van der Waals surface area contributed by atoms with Crippen molar-refractivity contribution >= 4 is 29.9 Å². The van der Waals surface area contributed by atoms with Crippen LogP contribution in [0.1, 0.15) is 32.6 Å². The van der Waals surface area contributed by atoms with Crippen molar-refractivity contribution < 1.29 is 4.74 Å². The minimum absolute atomic E-state index is 0. The molecule has 0 saturated heterocycles. The summed E-state index contributed by atoms with van der Waals surface area (Å²) in [6, 6.07) is 0. The molecule has 0 heterocycles. The molecule has 1 rings (SSSR count). The summed E-state index contributed by atoms with van der Waals surface area (Å²) in [6.07, 6.45) is 5.08. The molecule has 1 aliphatic carbocycles. The highest BCUT2D eigenvalue weighted by molar-refractivity contribution is 14.0. The Morgan fingerprint density at radius 3 is 2.44 bits per heavy atom. The van der Waals surface area contributed by atoms with Gasteiger partial charge in [0.15, 0.2) is 5.96 Å². The summed E-state index contributed by atoms with van der Waals surface area (Å²) in [5.41, 5.74) is 0.409. The molecular formula is C13H28IN3O. The quantitative estimate of drug-likeness (QED) is 0.444. The van der Waals surface area contributed by atoms with Gasteiger partial charge in [-0.05, 0) is 31.6 Å². The summed E-state index contributed by atoms with van der Waals surface area (Å²) in [6.45, 7) is 4.80. The molecule has 0 spiro atoms. The van der Waals surface area contributed by atoms with E-state index in [9.17, 15) is 0 Å². The number of methoxy groups -OCH3 is 1. The van der Waals surface area contributed by atoms with Crippen LogP contribution < -0.4 is 5.32 Å². The van der Waals surface area contributed by atoms with E-state index in [1.54, 1.807) is 7.11 Å². The molecule has 0 amide bonds. The molecule has 1 fully saturated rings. The summed E-state index contributed by atoms with van der Waals surface area (Å²) in [4.78, 5) is 6.78. The molecular weight excluding hydrogens is 341 g/mol. The zero-order valence-corrected chi connectivity index (χ0v) is 14.5. The molecule has 5 heteroatoms. The van der Waals surface area contributed by atoms with Crippen LogP contribution in [0.5, 0.6) is 0 Å². The predicted molar refractivity (Wildman–Crippen MR) is 87.9 cm³/mol. The van der Waals surface area contributed by atoms with E-state index in [-0.39, 0.29) is 24.0 Å². The van der Waals surface area contributed by atoms with E-state index in [0.717, 1.165) is 32.1 Å². The highest BCUT2D eigenvalue weighted by atomic mass is 127. The first-order valence-corrected chi connectivity index (χ1v) is 6.58. The first-order chi connectivity index (χ1) is 8.13. The molecule has 1 N–H and O–H groups in total. The summed E-state index contributed by atoms with van der Waals surface area (Å²) in [5.74, 6) is 0.996. The van der Waals surface area contributed by atoms with Crippen LogP contribution in [-0.4, -0.2) is 51.8 Å². The first kappa shape index (κ1) is 18.0. The maximum absolute atomic E-state index is 5.20. The number of aliphatic imine (C=N–C) groups is 1. The molecule has 0 aromatic carbocycles. The SMILES string of the molecule is CCNC(=NCC1(CCOC)CCC1)N(C)C.I. The summed E-state index contributed by atoms with van der Waals surface area (Å²) in [5, 5.41) is 3.30. The maximum atomic E-state index is 5.20. The lowest BCUT2D eigenvalue weighted by Gasteiger charge is -2.41. The van der Waals surface area contributed by atoms with Gasteiger partial charge in [-0.1, -0.05) is 6.42 Å². The van der Waals surface area contributed by atoms with Crippen molar-refractivity contribution in [3.05, 3.63) is 0 Å². The Kier molecular flexibility index (Phi) is 8.94. The second-order valence-corrected chi connectivity index (χ2v) is 5.16. The Hall–Kier alpha value is -0.0400. The number of hydrogen-bond donors (Lipinski definition) is 1. The summed E-state index contributed by atoms with van der Waals surface area (Å²) in [7, 11) is 5.84. The minimum atomic E-state index is 0. The fourth-order valence-corrected chi connectivity index (χ4v) is 2.24. The van der Waals surface area contributed by atoms with Gasteiger partial charge in [-0.3, -0.25) is 4.99 Å². The Balaban J connectivity index is 0.00000289. The Morgan fingerprint density at radius 2 is 2.06 bits per heavy atom. The Bertz CT molecular complexity index is 253. The van der Waals surface area contributed by atoms with Crippen molar-refractivity contribution in [2.24, 2.45) is 10.4 Å². The van der Waals surface area contributed by atoms with Gasteiger partial charge in [-0.15, -0.1) is 24.0 Å². The van der Waals surface area contributed by atoms with Gasteiger partial charge >= 0.3 is 0 Å². The zero-order valence-electron chi connectivity index (χ0n) is 12.2. The third-order valence-corrected chi connectivity index (χ3v) is 3.57. The van der Waals surface area contributed by atoms with Crippen LogP contribution in [0, 0.1) is 5.41 Å². The largest absolute Gasteiger partial charge is 0.385 e. The smallest absolute Gasteiger partial charge is 0.193 e. The number of guanidine groups is 1. The molecule has 1 aliphatic rings. The van der Waals surface area contributed by atoms with Gasteiger partial charge in [0.25, 0.3) is 0 Å². The van der Waals surface area contributed by atoms with Crippen molar-refractivity contribution in [2.75, 3.05) is 40.9 Å². The van der Waals surface area contributed by atoms with E-state index in [1.807, 2.05) is 19.0 Å². The van der Waals surface area contributed by atoms with Crippen molar-refractivity contribution in [1.82, 2.24) is 10.2 Å². The molecule has 1 saturated carbocycles. The molecule has 108 valence electrons. The van der Waals surface area contributed by atoms with E-state index in [2.05, 4.69) is 12.2 Å². The van der Waals surface area contributed by atoms with E-state index >= 15 is 0 Å². The maximum Gasteiger partial charge on any atom is 0.193 e. The molecule has 18 heavy (non-hydrogen) atoms. The fraction of sp³-hybridized carbons (Fsp3) is 0.923. The van der Waals surface area contributed by atoms with E-state index in [1.165, 1.54) is 19.3 Å². The fourth-order valence-electron chi connectivity index (χ4n) is 2.24. The van der Waals surface area contributed by atoms with E-state index in [0.29, 0.717) is 5.41 Å². The summed E-state index contributed by atoms with van der Waals surface area (Å²) < 4.78 is 5.20. The Labute approximate surface area is 129 Å². The van der Waals surface area contributed by atoms with Crippen LogP contribution in [0.4, 0.5) is 0 Å². The number of nitrogens with one attached hydrogen (secondary N) is 1. The number of hydrogen-bond acceptors (Lipinski definition) is 2. The molecule has 0 atom stereocenters. The monoisotopic (exact) mass is 369 g/mol. The van der Waals surface area contributed by atoms with Crippen molar-refractivity contribution in [3.8, 4) is 0 Å². The highest BCUT2D eigenvalue weighted by Gasteiger charge is 2.36. The van der Waals surface area contributed by atoms with Gasteiger partial charge in [0.1, 0.15) is 0 Å². The van der Waals surface area contributed by atoms with Gasteiger partial charge in [-0.2, -0.15) is 0 Å². The second-order valence-electron chi connectivity index (χ2n) is 5.16. The lowest BCUT2D eigenvalue weighted by atomic mass is 9.67. The standard InChI is InChI=1S/C13H27N3O.HI/c1-5-14-12(16(2)3)15-11-13(7-6-8-13)9-10-17-4;/h5-11H2,1-4H3,(H,14,15);1H. The zero-order chi connectivity index (χ0) is 12.7. The van der Waals surface area contributed by atoms with Gasteiger partial charge in [0.2, 0.25) is 0 Å². The number of nitrogens with zero attached hydrogens (tertiary/aromatic N) is 2. The third-order valence-electron chi connectivity index (χ3n) is 3.57. The van der Waals surface area contributed by atoms with E-state index in [4.69, 9.17) is 9.73 Å². The van der Waals surface area contributed by atoms with Crippen LogP contribution >= 0.6 is 24.0 Å². The van der Waals surface area contributed by atoms with Crippen LogP contribution in [0.15, 0.2) is 4.99 Å². The average molecular weight is 369 g/mol. The summed E-state index contributed by atoms with van der Waals surface area (Å²) >= 11 is 0. The third kappa shape index (κ3) is 5.30. The van der Waals surface area contributed by atoms with Gasteiger partial charge < -0.3 is 15.0 Å². The number of ether oxygens (including phenoxy) is 1. The minimum Gasteiger partial charge on any atom is -0.385 e. The number of halogens is 1. The predicted octanol–water partition coefficient (Wildman–Crippen LogP) is 2.34. The van der Waals surface area contributed by atoms with E-state index < -0.39 is 0 Å². The molecule has 4 nitrogen and oxygen atoms in total. The topological polar surface area (TPSA) is 36.9 Å². The van der Waals surface area contributed by atoms with Crippen LogP contribution in [0.3, 0.4) is 0 Å². The van der Waals surface area contributed by atoms with Crippen molar-refractivity contribution in [1.29, 1.82) is 0 Å². The molecule has 0 bridgehead atoms. The van der Waals surface area contributed by atoms with Crippen LogP contribution in [0.2, 0.25) is 0 Å². The van der Waals surface area contributed by atoms with Crippen molar-refractivity contribution in [3.63, 3.8) is 0 Å². The van der Waals surface area contributed by atoms with Crippen molar-refractivity contribution in [2.45, 2.75) is 32.6 Å². The lowest BCUT2D eigenvalue weighted by Crippen LogP contribution is -2.39. The highest BCUT2D eigenvalue weighted by Crippen LogP contribution is 2.44. The second kappa shape index (κ2) is 8.96. The van der Waals surface area contributed by atoms with Gasteiger partial charge in [0, 0.05) is 40.9 Å². The van der Waals surface area contributed by atoms with Crippen LogP contribution in [0.25, 0.3) is 0 Å². The first-order valence-electron chi connectivity index (χ1n) is 6.58. The molecule has 0 unspecified atom stereocenters. The molecule has 0 radical (unpaired) electrons. The average Bonchev–Trinajstić information content (AvgIpc) is 2.25. The molecule has 0 aromatic rings. The Morgan fingerprint density at radius 1 is 1.39 bits per heavy atom. The van der Waals surface area contributed by atoms with Crippen LogP contribution in [-0.2, 0) is 4.74 Å². The molecule has 0 aliphatic heterocycles. The number of rotatable bonds is 6. The van der Waals surface area contributed by atoms with Gasteiger partial charge in [0.05, 0.1) is 0 Å².